The van der Waals surface area contributed by atoms with Crippen molar-refractivity contribution in [1.29, 1.82) is 0 Å². The van der Waals surface area contributed by atoms with Gasteiger partial charge in [0.05, 0.1) is 0 Å². The maximum Gasteiger partial charge on any atom is 0.488 e. The quantitative estimate of drug-likeness (QED) is 0.378. The van der Waals surface area contributed by atoms with Gasteiger partial charge < -0.3 is 9.47 Å². The summed E-state index contributed by atoms with van der Waals surface area (Å²) in [6.07, 6.45) is -9.36. The van der Waals surface area contributed by atoms with E-state index in [1.54, 1.807) is 0 Å². The first kappa shape index (κ1) is 18.9. The first-order valence-electron chi connectivity index (χ1n) is 7.29. The molecule has 1 aliphatic rings. The third-order valence-electron chi connectivity index (χ3n) is 3.78. The first-order valence-corrected chi connectivity index (χ1v) is 8.05. The van der Waals surface area contributed by atoms with Crippen LogP contribution in [-0.2, 0) is 6.18 Å². The Morgan fingerprint density at radius 1 is 0.964 bits per heavy atom. The Balaban J connectivity index is 1.89. The van der Waals surface area contributed by atoms with Gasteiger partial charge in [0.1, 0.15) is 5.69 Å². The molecule has 0 saturated heterocycles. The second kappa shape index (κ2) is 5.80. The number of halogens is 8. The maximum atomic E-state index is 13.6. The highest BCUT2D eigenvalue weighted by molar-refractivity contribution is 6.31. The number of hydrogen-bond acceptors (Lipinski definition) is 4. The molecule has 28 heavy (non-hydrogen) atoms. The van der Waals surface area contributed by atoms with E-state index in [1.807, 2.05) is 0 Å². The van der Waals surface area contributed by atoms with Crippen molar-refractivity contribution in [3.63, 3.8) is 0 Å². The lowest BCUT2D eigenvalue weighted by Crippen LogP contribution is -2.51. The Hall–Kier alpha value is -2.40. The van der Waals surface area contributed by atoms with Gasteiger partial charge in [-0.3, -0.25) is 4.40 Å². The molecule has 148 valence electrons. The van der Waals surface area contributed by atoms with Crippen LogP contribution in [0, 0.1) is 0 Å². The van der Waals surface area contributed by atoms with E-state index in [0.29, 0.717) is 10.5 Å². The molecule has 1 atom stereocenters. The highest BCUT2D eigenvalue weighted by Crippen LogP contribution is 2.49. The Labute approximate surface area is 161 Å². The minimum absolute atomic E-state index is 0.0839. The van der Waals surface area contributed by atoms with E-state index in [0.717, 1.165) is 24.3 Å². The zero-order valence-electron chi connectivity index (χ0n) is 13.1. The summed E-state index contributed by atoms with van der Waals surface area (Å²) in [4.78, 5) is 0. The number of rotatable bonds is 1. The van der Waals surface area contributed by atoms with Crippen molar-refractivity contribution in [2.45, 2.75) is 17.6 Å². The molecular formula is C15H5Cl2F6N3O2. The number of nitrogens with zero attached hydrogens (tertiary/aromatic N) is 3. The number of ether oxygens (including phenoxy) is 2. The SMILES string of the molecule is FC(F)(F)c1cc(Cl)cc2nnc(-c3ccc4c(c3)OC(F)(F)C(F)(Cl)O4)n12. The standard InChI is InChI=1S/C15H5Cl2F6N3O2/c16-7-4-10(13(18,19)20)26-11(5-7)24-25-12(26)6-1-2-8-9(3-6)28-15(22,23)14(17,21)27-8/h1-5H. The molecule has 0 N–H and O–H groups in total. The predicted molar refractivity (Wildman–Crippen MR) is 84.3 cm³/mol. The van der Waals surface area contributed by atoms with Crippen LogP contribution in [0.3, 0.4) is 0 Å². The van der Waals surface area contributed by atoms with Crippen molar-refractivity contribution in [1.82, 2.24) is 14.6 Å². The van der Waals surface area contributed by atoms with Crippen LogP contribution < -0.4 is 9.47 Å². The summed E-state index contributed by atoms with van der Waals surface area (Å²) >= 11 is 10.7. The van der Waals surface area contributed by atoms with Crippen LogP contribution in [0.4, 0.5) is 26.3 Å². The predicted octanol–water partition coefficient (Wildman–Crippen LogP) is 5.29. The Bertz CT molecular complexity index is 1100. The summed E-state index contributed by atoms with van der Waals surface area (Å²) in [5.74, 6) is -1.45. The summed E-state index contributed by atoms with van der Waals surface area (Å²) in [5, 5.41) is 3.12. The third-order valence-corrected chi connectivity index (χ3v) is 4.29. The third kappa shape index (κ3) is 2.89. The number of pyridine rings is 1. The molecule has 1 unspecified atom stereocenters. The monoisotopic (exact) mass is 443 g/mol. The van der Waals surface area contributed by atoms with Crippen molar-refractivity contribution >= 4 is 28.8 Å². The summed E-state index contributed by atoms with van der Waals surface area (Å²) in [6, 6.07) is 4.87. The normalized spacial score (nSPS) is 21.1. The first-order chi connectivity index (χ1) is 12.9. The number of benzene rings is 1. The van der Waals surface area contributed by atoms with Gasteiger partial charge in [-0.15, -0.1) is 10.2 Å². The van der Waals surface area contributed by atoms with Crippen LogP contribution in [0.1, 0.15) is 5.69 Å². The molecule has 0 saturated carbocycles. The van der Waals surface area contributed by atoms with Crippen LogP contribution in [0.5, 0.6) is 11.5 Å². The molecule has 0 amide bonds. The molecule has 0 aliphatic carbocycles. The highest BCUT2D eigenvalue weighted by Gasteiger charge is 2.63. The topological polar surface area (TPSA) is 48.7 Å². The maximum absolute atomic E-state index is 13.6. The average molecular weight is 444 g/mol. The van der Waals surface area contributed by atoms with Crippen LogP contribution in [0.2, 0.25) is 5.02 Å². The van der Waals surface area contributed by atoms with Gasteiger partial charge in [0.25, 0.3) is 0 Å². The fourth-order valence-corrected chi connectivity index (χ4v) is 2.91. The molecule has 3 aromatic rings. The molecule has 1 aromatic carbocycles. The Morgan fingerprint density at radius 2 is 1.68 bits per heavy atom. The summed E-state index contributed by atoms with van der Waals surface area (Å²) in [5.41, 5.74) is -1.49. The van der Waals surface area contributed by atoms with E-state index in [1.165, 1.54) is 0 Å². The lowest BCUT2D eigenvalue weighted by molar-refractivity contribution is -0.303. The van der Waals surface area contributed by atoms with Gasteiger partial charge in [-0.2, -0.15) is 26.3 Å². The van der Waals surface area contributed by atoms with Gasteiger partial charge >= 0.3 is 17.6 Å². The minimum atomic E-state index is -4.81. The molecule has 0 spiro atoms. The zero-order valence-corrected chi connectivity index (χ0v) is 14.6. The Kier molecular flexibility index (Phi) is 3.92. The largest absolute Gasteiger partial charge is 0.488 e. The lowest BCUT2D eigenvalue weighted by atomic mass is 10.1. The van der Waals surface area contributed by atoms with Crippen LogP contribution in [-0.4, -0.2) is 26.0 Å². The van der Waals surface area contributed by atoms with E-state index in [-0.39, 0.29) is 22.1 Å². The summed E-state index contributed by atoms with van der Waals surface area (Å²) < 4.78 is 90.3. The number of aromatic nitrogens is 3. The molecule has 2 aromatic heterocycles. The Morgan fingerprint density at radius 3 is 2.36 bits per heavy atom. The summed E-state index contributed by atoms with van der Waals surface area (Å²) in [6.45, 7) is 0. The molecule has 3 heterocycles. The number of fused-ring (bicyclic) bond motifs is 2. The molecule has 0 radical (unpaired) electrons. The van der Waals surface area contributed by atoms with Gasteiger partial charge in [0.2, 0.25) is 0 Å². The highest BCUT2D eigenvalue weighted by atomic mass is 35.5. The lowest BCUT2D eigenvalue weighted by Gasteiger charge is -2.33. The average Bonchev–Trinajstić information content (AvgIpc) is 2.96. The smallest absolute Gasteiger partial charge is 0.434 e. The van der Waals surface area contributed by atoms with Crippen LogP contribution in [0.25, 0.3) is 17.0 Å². The fourth-order valence-electron chi connectivity index (χ4n) is 2.59. The van der Waals surface area contributed by atoms with E-state index in [4.69, 9.17) is 23.2 Å². The summed E-state index contributed by atoms with van der Waals surface area (Å²) in [7, 11) is 0. The second-order valence-corrected chi connectivity index (χ2v) is 6.60. The van der Waals surface area contributed by atoms with Crippen molar-refractivity contribution in [3.05, 3.63) is 41.0 Å². The van der Waals surface area contributed by atoms with Gasteiger partial charge in [-0.25, -0.2) is 0 Å². The molecule has 4 rings (SSSR count). The van der Waals surface area contributed by atoms with E-state index in [9.17, 15) is 26.3 Å². The molecular weight excluding hydrogens is 439 g/mol. The van der Waals surface area contributed by atoms with Gasteiger partial charge in [-0.05, 0) is 35.9 Å². The molecule has 13 heteroatoms. The second-order valence-electron chi connectivity index (χ2n) is 5.67. The molecule has 1 aliphatic heterocycles. The number of alkyl halides is 7. The molecule has 0 bridgehead atoms. The van der Waals surface area contributed by atoms with Crippen molar-refractivity contribution in [3.8, 4) is 22.9 Å². The van der Waals surface area contributed by atoms with Crippen LogP contribution in [0.15, 0.2) is 30.3 Å². The van der Waals surface area contributed by atoms with Crippen LogP contribution >= 0.6 is 23.2 Å². The molecule has 0 fully saturated rings. The minimum Gasteiger partial charge on any atom is -0.434 e. The van der Waals surface area contributed by atoms with Gasteiger partial charge in [0, 0.05) is 16.7 Å². The van der Waals surface area contributed by atoms with Crippen molar-refractivity contribution < 1.29 is 35.8 Å². The van der Waals surface area contributed by atoms with E-state index in [2.05, 4.69) is 19.7 Å². The molecule has 5 nitrogen and oxygen atoms in total. The van der Waals surface area contributed by atoms with E-state index < -0.39 is 34.8 Å². The van der Waals surface area contributed by atoms with Crippen molar-refractivity contribution in [2.24, 2.45) is 0 Å². The van der Waals surface area contributed by atoms with Crippen molar-refractivity contribution in [2.75, 3.05) is 0 Å². The van der Waals surface area contributed by atoms with Gasteiger partial charge in [-0.1, -0.05) is 11.6 Å². The number of hydrogen-bond donors (Lipinski definition) is 0. The zero-order chi connectivity index (χ0) is 20.5. The van der Waals surface area contributed by atoms with E-state index >= 15 is 0 Å². The fraction of sp³-hybridized carbons (Fsp3) is 0.200. The van der Waals surface area contributed by atoms with Gasteiger partial charge in [0.15, 0.2) is 23.0 Å².